The number of aliphatic hydroxyl groups is 1. The number of carbonyl (C=O) groups excluding carboxylic acids is 1. The Morgan fingerprint density at radius 2 is 2.11 bits per heavy atom. The van der Waals surface area contributed by atoms with Crippen molar-refractivity contribution < 1.29 is 27.8 Å². The van der Waals surface area contributed by atoms with Crippen LogP contribution in [0.3, 0.4) is 0 Å². The lowest BCUT2D eigenvalue weighted by Gasteiger charge is -2.47. The van der Waals surface area contributed by atoms with Crippen molar-refractivity contribution in [2.24, 2.45) is 5.92 Å². The highest BCUT2D eigenvalue weighted by Gasteiger charge is 2.46. The highest BCUT2D eigenvalue weighted by molar-refractivity contribution is 6.04. The van der Waals surface area contributed by atoms with Crippen molar-refractivity contribution in [2.75, 3.05) is 11.9 Å². The van der Waals surface area contributed by atoms with Crippen molar-refractivity contribution >= 4 is 11.6 Å². The van der Waals surface area contributed by atoms with Crippen molar-refractivity contribution in [3.63, 3.8) is 0 Å². The van der Waals surface area contributed by atoms with Crippen LogP contribution in [0, 0.1) is 12.8 Å². The van der Waals surface area contributed by atoms with Crippen molar-refractivity contribution in [1.82, 2.24) is 4.98 Å². The summed E-state index contributed by atoms with van der Waals surface area (Å²) >= 11 is 0. The number of pyridine rings is 1. The second-order valence-electron chi connectivity index (χ2n) is 9.90. The molecule has 35 heavy (non-hydrogen) atoms. The molecule has 2 aromatic rings. The van der Waals surface area contributed by atoms with E-state index in [0.717, 1.165) is 43.2 Å². The molecule has 0 radical (unpaired) electrons. The second kappa shape index (κ2) is 10.3. The van der Waals surface area contributed by atoms with Crippen LogP contribution in [0.5, 0.6) is 0 Å². The van der Waals surface area contributed by atoms with Gasteiger partial charge in [0.2, 0.25) is 0 Å². The van der Waals surface area contributed by atoms with Gasteiger partial charge in [0.05, 0.1) is 24.1 Å². The predicted octanol–water partition coefficient (Wildman–Crippen LogP) is 5.87. The van der Waals surface area contributed by atoms with Crippen LogP contribution in [0.1, 0.15) is 78.2 Å². The van der Waals surface area contributed by atoms with Gasteiger partial charge in [0.1, 0.15) is 6.61 Å². The minimum Gasteiger partial charge on any atom is -0.393 e. The molecule has 1 saturated carbocycles. The zero-order chi connectivity index (χ0) is 25.2. The van der Waals surface area contributed by atoms with Gasteiger partial charge in [-0.1, -0.05) is 6.92 Å². The molecular weight excluding hydrogens is 457 g/mol. The molecule has 1 fully saturated rings. The summed E-state index contributed by atoms with van der Waals surface area (Å²) in [7, 11) is 0. The zero-order valence-electron chi connectivity index (χ0n) is 20.3. The van der Waals surface area contributed by atoms with E-state index >= 15 is 0 Å². The van der Waals surface area contributed by atoms with Crippen LogP contribution in [0.4, 0.5) is 18.9 Å². The van der Waals surface area contributed by atoms with Crippen molar-refractivity contribution in [3.8, 4) is 0 Å². The molecule has 4 rings (SSSR count). The Balaban J connectivity index is 1.76. The molecule has 190 valence electrons. The molecular formula is C27H33F3N2O3. The Morgan fingerprint density at radius 1 is 1.31 bits per heavy atom. The van der Waals surface area contributed by atoms with Gasteiger partial charge in [0.25, 0.3) is 5.91 Å². The number of nitrogens with one attached hydrogen (secondary N) is 1. The number of alkyl halides is 3. The fraction of sp³-hybridized carbons (Fsp3) is 0.556. The molecule has 0 spiro atoms. The van der Waals surface area contributed by atoms with Gasteiger partial charge in [-0.2, -0.15) is 13.2 Å². The van der Waals surface area contributed by atoms with Gasteiger partial charge in [-0.25, -0.2) is 0 Å². The highest BCUT2D eigenvalue weighted by Crippen LogP contribution is 2.52. The van der Waals surface area contributed by atoms with Gasteiger partial charge in [-0.3, -0.25) is 9.78 Å². The Hall–Kier alpha value is -2.45. The third-order valence-corrected chi connectivity index (χ3v) is 7.73. The summed E-state index contributed by atoms with van der Waals surface area (Å²) in [5.74, 6) is -0.0806. The molecule has 0 aliphatic heterocycles. The molecule has 0 saturated heterocycles. The topological polar surface area (TPSA) is 71.5 Å². The second-order valence-corrected chi connectivity index (χ2v) is 9.90. The van der Waals surface area contributed by atoms with E-state index < -0.39 is 12.8 Å². The van der Waals surface area contributed by atoms with Gasteiger partial charge >= 0.3 is 6.18 Å². The van der Waals surface area contributed by atoms with E-state index in [0.29, 0.717) is 35.3 Å². The van der Waals surface area contributed by atoms with E-state index in [1.54, 1.807) is 31.3 Å². The molecule has 2 aliphatic rings. The number of aliphatic hydroxyl groups excluding tert-OH is 1. The number of rotatable bonds is 6. The first-order chi connectivity index (χ1) is 16.6. The third kappa shape index (κ3) is 5.54. The first-order valence-corrected chi connectivity index (χ1v) is 12.3. The number of fused-ring (bicyclic) bond motifs is 3. The molecule has 1 amide bonds. The number of aromatic nitrogens is 1. The normalized spacial score (nSPS) is 24.3. The monoisotopic (exact) mass is 490 g/mol. The molecule has 2 aliphatic carbocycles. The van der Waals surface area contributed by atoms with E-state index in [1.165, 1.54) is 0 Å². The number of halogens is 3. The molecule has 3 atom stereocenters. The number of carbonyl (C=O) groups is 1. The lowest BCUT2D eigenvalue weighted by molar-refractivity contribution is -0.176. The van der Waals surface area contributed by atoms with Gasteiger partial charge in [0.15, 0.2) is 0 Å². The minimum absolute atomic E-state index is 0.216. The average molecular weight is 491 g/mol. The quantitative estimate of drug-likeness (QED) is 0.532. The zero-order valence-corrected chi connectivity index (χ0v) is 20.3. The molecule has 1 heterocycles. The molecule has 5 nitrogen and oxygen atoms in total. The molecule has 8 heteroatoms. The Bertz CT molecular complexity index is 1070. The fourth-order valence-electron chi connectivity index (χ4n) is 6.14. The van der Waals surface area contributed by atoms with E-state index in [2.05, 4.69) is 17.2 Å². The van der Waals surface area contributed by atoms with Crippen LogP contribution < -0.4 is 5.32 Å². The van der Waals surface area contributed by atoms with Gasteiger partial charge in [-0.05, 0) is 104 Å². The molecule has 0 unspecified atom stereocenters. The molecule has 1 aromatic heterocycles. The molecule has 1 aromatic carbocycles. The minimum atomic E-state index is -4.43. The van der Waals surface area contributed by atoms with Crippen LogP contribution in [0.2, 0.25) is 0 Å². The number of benzene rings is 1. The smallest absolute Gasteiger partial charge is 0.393 e. The number of nitrogens with zero attached hydrogens (tertiary/aromatic N) is 1. The summed E-state index contributed by atoms with van der Waals surface area (Å²) in [6.45, 7) is 2.36. The van der Waals surface area contributed by atoms with Crippen LogP contribution in [-0.2, 0) is 23.2 Å². The summed E-state index contributed by atoms with van der Waals surface area (Å²) < 4.78 is 43.8. The predicted molar refractivity (Wildman–Crippen MR) is 127 cm³/mol. The average Bonchev–Trinajstić information content (AvgIpc) is 2.96. The van der Waals surface area contributed by atoms with E-state index in [-0.39, 0.29) is 30.0 Å². The van der Waals surface area contributed by atoms with Crippen LogP contribution in [0.15, 0.2) is 30.5 Å². The van der Waals surface area contributed by atoms with Gasteiger partial charge in [-0.15, -0.1) is 0 Å². The summed E-state index contributed by atoms with van der Waals surface area (Å²) in [6.07, 6.45) is 2.41. The Kier molecular flexibility index (Phi) is 7.52. The summed E-state index contributed by atoms with van der Waals surface area (Å²) in [6, 6.07) is 7.09. The number of anilines is 1. The summed E-state index contributed by atoms with van der Waals surface area (Å²) in [5.41, 5.74) is 4.11. The maximum atomic E-state index is 13.2. The lowest BCUT2D eigenvalue weighted by Crippen LogP contribution is -2.42. The summed E-state index contributed by atoms with van der Waals surface area (Å²) in [4.78, 5) is 17.4. The summed E-state index contributed by atoms with van der Waals surface area (Å²) in [5, 5.41) is 13.3. The number of aryl methyl sites for hydroxylation is 2. The largest absolute Gasteiger partial charge is 0.411 e. The van der Waals surface area contributed by atoms with Crippen LogP contribution in [0.25, 0.3) is 0 Å². The van der Waals surface area contributed by atoms with E-state index in [9.17, 15) is 23.1 Å². The molecule has 0 bridgehead atoms. The lowest BCUT2D eigenvalue weighted by atomic mass is 9.58. The van der Waals surface area contributed by atoms with Crippen molar-refractivity contribution in [1.29, 1.82) is 0 Å². The number of amides is 1. The standard InChI is InChI=1S/C27H33F3N2O3/c1-3-26-10-9-22(33)14-21(26)7-4-6-18-12-19(25(34)32-23-8-5-11-31-17(23)2)13-20(24(18)26)15-35-16-27(28,29)30/h5,8,11-13,21-22,33H,3-4,6-7,9-10,14-16H2,1-2H3,(H,32,34)/t21-,22+,26+/m1/s1. The SMILES string of the molecule is CC[C@]12CC[C@H](O)C[C@H]1CCCc1cc(C(=O)Nc3cccnc3C)cc(COCC(F)(F)F)c12. The van der Waals surface area contributed by atoms with E-state index in [1.807, 2.05) is 6.07 Å². The maximum absolute atomic E-state index is 13.2. The number of hydrogen-bond acceptors (Lipinski definition) is 4. The third-order valence-electron chi connectivity index (χ3n) is 7.73. The van der Waals surface area contributed by atoms with Crippen LogP contribution in [-0.4, -0.2) is 34.9 Å². The van der Waals surface area contributed by atoms with Gasteiger partial charge in [0, 0.05) is 11.8 Å². The first-order valence-electron chi connectivity index (χ1n) is 12.3. The Morgan fingerprint density at radius 3 is 2.83 bits per heavy atom. The van der Waals surface area contributed by atoms with Crippen LogP contribution >= 0.6 is 0 Å². The van der Waals surface area contributed by atoms with E-state index in [4.69, 9.17) is 4.74 Å². The van der Waals surface area contributed by atoms with Crippen molar-refractivity contribution in [2.45, 2.75) is 83.1 Å². The van der Waals surface area contributed by atoms with Gasteiger partial charge < -0.3 is 15.2 Å². The Labute approximate surface area is 204 Å². The first kappa shape index (κ1) is 25.6. The number of ether oxygens (including phenoxy) is 1. The molecule has 2 N–H and O–H groups in total. The van der Waals surface area contributed by atoms with Crippen molar-refractivity contribution in [3.05, 3.63) is 58.4 Å². The number of hydrogen-bond donors (Lipinski definition) is 2. The maximum Gasteiger partial charge on any atom is 0.411 e. The fourth-order valence-corrected chi connectivity index (χ4v) is 6.14. The highest BCUT2D eigenvalue weighted by atomic mass is 19.4.